The lowest BCUT2D eigenvalue weighted by atomic mass is 10.1. The Bertz CT molecular complexity index is 1040. The number of rotatable bonds is 7. The number of benzene rings is 2. The Morgan fingerprint density at radius 1 is 1.07 bits per heavy atom. The van der Waals surface area contributed by atoms with Gasteiger partial charge in [0.25, 0.3) is 0 Å². The van der Waals surface area contributed by atoms with E-state index in [1.807, 2.05) is 13.8 Å². The number of hydrogen-bond acceptors (Lipinski definition) is 4. The van der Waals surface area contributed by atoms with E-state index in [1.54, 1.807) is 48.5 Å². The summed E-state index contributed by atoms with van der Waals surface area (Å²) in [4.78, 5) is 16.2. The average molecular weight is 432 g/mol. The van der Waals surface area contributed by atoms with Gasteiger partial charge in [0.15, 0.2) is 0 Å². The Hall–Kier alpha value is -2.76. The first-order valence-corrected chi connectivity index (χ1v) is 9.67. The van der Waals surface area contributed by atoms with E-state index in [2.05, 4.69) is 4.98 Å². The lowest BCUT2D eigenvalue weighted by molar-refractivity contribution is 0.0693. The number of halogens is 2. The molecule has 1 N–H and O–H groups in total. The first kappa shape index (κ1) is 21.0. The second-order valence-corrected chi connectivity index (χ2v) is 7.42. The molecule has 0 aliphatic rings. The van der Waals surface area contributed by atoms with Gasteiger partial charge >= 0.3 is 5.97 Å². The Morgan fingerprint density at radius 2 is 1.83 bits per heavy atom. The zero-order valence-corrected chi connectivity index (χ0v) is 17.4. The summed E-state index contributed by atoms with van der Waals surface area (Å²) in [5.74, 6) is 0.0182. The molecule has 5 nitrogen and oxygen atoms in total. The minimum Gasteiger partial charge on any atom is -0.490 e. The van der Waals surface area contributed by atoms with Gasteiger partial charge in [-0.2, -0.15) is 0 Å². The van der Waals surface area contributed by atoms with E-state index < -0.39 is 5.97 Å². The Balaban J connectivity index is 1.98. The Morgan fingerprint density at radius 3 is 2.52 bits per heavy atom. The van der Waals surface area contributed by atoms with Crippen LogP contribution in [0.15, 0.2) is 54.6 Å². The van der Waals surface area contributed by atoms with E-state index in [0.29, 0.717) is 38.5 Å². The molecule has 0 aliphatic heterocycles. The van der Waals surface area contributed by atoms with Crippen LogP contribution in [0, 0.1) is 0 Å². The first-order valence-electron chi connectivity index (χ1n) is 8.91. The summed E-state index contributed by atoms with van der Waals surface area (Å²) in [6, 6.07) is 15.3. The molecule has 3 rings (SSSR count). The SMILES string of the molecule is CC(C)Oc1cc(Cl)ccc1-c1ccc(C(=O)O)c(COc2cccc(Cl)c2)n1. The Labute approximate surface area is 178 Å². The smallest absolute Gasteiger partial charge is 0.337 e. The molecule has 0 amide bonds. The van der Waals surface area contributed by atoms with Gasteiger partial charge in [0.1, 0.15) is 18.1 Å². The second-order valence-electron chi connectivity index (χ2n) is 6.55. The second kappa shape index (κ2) is 9.16. The van der Waals surface area contributed by atoms with E-state index >= 15 is 0 Å². The van der Waals surface area contributed by atoms with Gasteiger partial charge in [-0.1, -0.05) is 29.3 Å². The maximum absolute atomic E-state index is 11.6. The van der Waals surface area contributed by atoms with E-state index in [4.69, 9.17) is 32.7 Å². The molecule has 0 saturated heterocycles. The van der Waals surface area contributed by atoms with Crippen molar-refractivity contribution in [3.63, 3.8) is 0 Å². The minimum absolute atomic E-state index is 0.0240. The zero-order valence-electron chi connectivity index (χ0n) is 15.9. The quantitative estimate of drug-likeness (QED) is 0.487. The van der Waals surface area contributed by atoms with Gasteiger partial charge in [-0.15, -0.1) is 0 Å². The largest absolute Gasteiger partial charge is 0.490 e. The number of nitrogens with zero attached hydrogens (tertiary/aromatic N) is 1. The van der Waals surface area contributed by atoms with E-state index in [0.717, 1.165) is 0 Å². The van der Waals surface area contributed by atoms with E-state index in [-0.39, 0.29) is 18.3 Å². The lowest BCUT2D eigenvalue weighted by Gasteiger charge is -2.16. The zero-order chi connectivity index (χ0) is 21.0. The van der Waals surface area contributed by atoms with Crippen LogP contribution < -0.4 is 9.47 Å². The predicted octanol–water partition coefficient (Wildman–Crippen LogP) is 6.12. The highest BCUT2D eigenvalue weighted by Gasteiger charge is 2.17. The first-order chi connectivity index (χ1) is 13.8. The number of carboxylic acid groups (broad SMARTS) is 1. The molecule has 0 spiro atoms. The van der Waals surface area contributed by atoms with Crippen molar-refractivity contribution in [2.24, 2.45) is 0 Å². The number of hydrogen-bond donors (Lipinski definition) is 1. The van der Waals surface area contributed by atoms with Crippen molar-refractivity contribution < 1.29 is 19.4 Å². The molecule has 0 aliphatic carbocycles. The molecule has 0 bridgehead atoms. The van der Waals surface area contributed by atoms with Gasteiger partial charge < -0.3 is 14.6 Å². The van der Waals surface area contributed by atoms with Crippen LogP contribution in [0.3, 0.4) is 0 Å². The fourth-order valence-corrected chi connectivity index (χ4v) is 3.07. The summed E-state index contributed by atoms with van der Waals surface area (Å²) in [6.07, 6.45) is -0.0591. The summed E-state index contributed by atoms with van der Waals surface area (Å²) >= 11 is 12.1. The normalized spacial score (nSPS) is 10.8. The van der Waals surface area contributed by atoms with Crippen molar-refractivity contribution in [1.82, 2.24) is 4.98 Å². The molecule has 2 aromatic carbocycles. The van der Waals surface area contributed by atoms with Crippen LogP contribution in [-0.4, -0.2) is 22.2 Å². The van der Waals surface area contributed by atoms with Crippen molar-refractivity contribution in [2.75, 3.05) is 0 Å². The van der Waals surface area contributed by atoms with Crippen LogP contribution in [0.25, 0.3) is 11.3 Å². The molecule has 29 heavy (non-hydrogen) atoms. The monoisotopic (exact) mass is 431 g/mol. The molecular weight excluding hydrogens is 413 g/mol. The topological polar surface area (TPSA) is 68.7 Å². The van der Waals surface area contributed by atoms with Gasteiger partial charge in [-0.25, -0.2) is 9.78 Å². The number of aromatic nitrogens is 1. The molecule has 0 fully saturated rings. The number of pyridine rings is 1. The molecule has 0 unspecified atom stereocenters. The number of aromatic carboxylic acids is 1. The molecule has 150 valence electrons. The maximum Gasteiger partial charge on any atom is 0.337 e. The number of carboxylic acids is 1. The molecule has 0 saturated carbocycles. The highest BCUT2D eigenvalue weighted by Crippen LogP contribution is 2.33. The van der Waals surface area contributed by atoms with Crippen molar-refractivity contribution in [1.29, 1.82) is 0 Å². The predicted molar refractivity (Wildman–Crippen MR) is 113 cm³/mol. The fraction of sp³-hybridized carbons (Fsp3) is 0.182. The van der Waals surface area contributed by atoms with Crippen molar-refractivity contribution in [3.8, 4) is 22.8 Å². The molecule has 1 aromatic heterocycles. The number of ether oxygens (including phenoxy) is 2. The molecular formula is C22H19Cl2NO4. The molecule has 0 radical (unpaired) electrons. The number of carbonyl (C=O) groups is 1. The fourth-order valence-electron chi connectivity index (χ4n) is 2.72. The third-order valence-corrected chi connectivity index (χ3v) is 4.43. The lowest BCUT2D eigenvalue weighted by Crippen LogP contribution is -2.10. The van der Waals surface area contributed by atoms with Crippen LogP contribution in [0.1, 0.15) is 29.9 Å². The highest BCUT2D eigenvalue weighted by molar-refractivity contribution is 6.31. The summed E-state index contributed by atoms with van der Waals surface area (Å²) in [5, 5.41) is 10.6. The van der Waals surface area contributed by atoms with Gasteiger partial charge in [0.2, 0.25) is 0 Å². The average Bonchev–Trinajstić information content (AvgIpc) is 2.66. The van der Waals surface area contributed by atoms with Crippen molar-refractivity contribution in [3.05, 3.63) is 75.9 Å². The van der Waals surface area contributed by atoms with Crippen molar-refractivity contribution >= 4 is 29.2 Å². The van der Waals surface area contributed by atoms with Crippen LogP contribution in [0.2, 0.25) is 10.0 Å². The summed E-state index contributed by atoms with van der Waals surface area (Å²) in [5.41, 5.74) is 1.63. The summed E-state index contributed by atoms with van der Waals surface area (Å²) in [6.45, 7) is 3.80. The molecule has 7 heteroatoms. The van der Waals surface area contributed by atoms with Gasteiger partial charge in [0.05, 0.1) is 23.1 Å². The van der Waals surface area contributed by atoms with Crippen LogP contribution >= 0.6 is 23.2 Å². The summed E-state index contributed by atoms with van der Waals surface area (Å²) in [7, 11) is 0. The highest BCUT2D eigenvalue weighted by atomic mass is 35.5. The minimum atomic E-state index is -1.08. The molecule has 3 aromatic rings. The van der Waals surface area contributed by atoms with Gasteiger partial charge in [0, 0.05) is 15.6 Å². The Kier molecular flexibility index (Phi) is 6.62. The van der Waals surface area contributed by atoms with Crippen LogP contribution in [0.5, 0.6) is 11.5 Å². The molecule has 0 atom stereocenters. The van der Waals surface area contributed by atoms with Crippen LogP contribution in [-0.2, 0) is 6.61 Å². The third kappa shape index (κ3) is 5.40. The van der Waals surface area contributed by atoms with E-state index in [9.17, 15) is 9.90 Å². The van der Waals surface area contributed by atoms with Crippen molar-refractivity contribution in [2.45, 2.75) is 26.6 Å². The standard InChI is InChI=1S/C22H19Cl2NO4/c1-13(2)29-21-11-15(24)6-7-17(21)19-9-8-18(22(26)27)20(25-19)12-28-16-5-3-4-14(23)10-16/h3-11,13H,12H2,1-2H3,(H,26,27). The van der Waals surface area contributed by atoms with E-state index in [1.165, 1.54) is 6.07 Å². The summed E-state index contributed by atoms with van der Waals surface area (Å²) < 4.78 is 11.6. The molecule has 1 heterocycles. The van der Waals surface area contributed by atoms with Crippen LogP contribution in [0.4, 0.5) is 0 Å². The van der Waals surface area contributed by atoms with Gasteiger partial charge in [-0.05, 0) is 62.4 Å². The van der Waals surface area contributed by atoms with Gasteiger partial charge in [-0.3, -0.25) is 0 Å². The maximum atomic E-state index is 11.6. The third-order valence-electron chi connectivity index (χ3n) is 3.96.